The molecule has 1 fully saturated rings. The average Bonchev–Trinajstić information content (AvgIpc) is 3.20. The number of primary amides is 1. The molecule has 0 saturated carbocycles. The average molecular weight is 547 g/mol. The normalized spacial score (nSPS) is 14.9. The lowest BCUT2D eigenvalue weighted by atomic mass is 9.98. The number of anilines is 1. The summed E-state index contributed by atoms with van der Waals surface area (Å²) < 4.78 is 29.3. The molecule has 39 heavy (non-hydrogen) atoms. The van der Waals surface area contributed by atoms with Gasteiger partial charge >= 0.3 is 0 Å². The molecule has 3 N–H and O–H groups in total. The van der Waals surface area contributed by atoms with Crippen molar-refractivity contribution in [2.75, 3.05) is 18.4 Å². The van der Waals surface area contributed by atoms with Gasteiger partial charge in [0.25, 0.3) is 11.8 Å². The van der Waals surface area contributed by atoms with E-state index < -0.39 is 15.9 Å². The first-order valence-corrected chi connectivity index (χ1v) is 14.2. The minimum Gasteiger partial charge on any atom is -0.364 e. The number of rotatable bonds is 7. The molecule has 0 atom stereocenters. The van der Waals surface area contributed by atoms with Crippen LogP contribution in [0.15, 0.2) is 65.6 Å². The summed E-state index contributed by atoms with van der Waals surface area (Å²) in [7, 11) is -3.50. The summed E-state index contributed by atoms with van der Waals surface area (Å²) >= 11 is 0. The van der Waals surface area contributed by atoms with E-state index in [-0.39, 0.29) is 17.5 Å². The molecule has 5 rings (SSSR count). The number of fused-ring (bicyclic) bond motifs is 1. The smallest absolute Gasteiger partial charge is 0.267 e. The summed E-state index contributed by atoms with van der Waals surface area (Å²) in [6, 6.07) is 17.0. The summed E-state index contributed by atoms with van der Waals surface area (Å²) in [5, 5.41) is 8.24. The zero-order chi connectivity index (χ0) is 27.7. The quantitative estimate of drug-likeness (QED) is 0.364. The number of pyridine rings is 1. The van der Waals surface area contributed by atoms with Gasteiger partial charge in [0.1, 0.15) is 5.69 Å². The first-order valence-electron chi connectivity index (χ1n) is 12.8. The maximum atomic E-state index is 13.4. The van der Waals surface area contributed by atoms with Gasteiger partial charge in [-0.25, -0.2) is 13.4 Å². The maximum absolute atomic E-state index is 13.4. The number of piperidine rings is 1. The number of hydrogen-bond donors (Lipinski definition) is 2. The predicted molar refractivity (Wildman–Crippen MR) is 148 cm³/mol. The van der Waals surface area contributed by atoms with Gasteiger partial charge in [-0.05, 0) is 56.9 Å². The predicted octanol–water partition coefficient (Wildman–Crippen LogP) is 3.50. The van der Waals surface area contributed by atoms with Gasteiger partial charge < -0.3 is 11.1 Å². The lowest BCUT2D eigenvalue weighted by Crippen LogP contribution is -2.39. The van der Waals surface area contributed by atoms with Gasteiger partial charge in [0.15, 0.2) is 0 Å². The van der Waals surface area contributed by atoms with Crippen molar-refractivity contribution >= 4 is 38.4 Å². The Labute approximate surface area is 226 Å². The van der Waals surface area contributed by atoms with Crippen molar-refractivity contribution in [1.29, 1.82) is 0 Å². The zero-order valence-electron chi connectivity index (χ0n) is 21.8. The van der Waals surface area contributed by atoms with E-state index >= 15 is 0 Å². The van der Waals surface area contributed by atoms with Crippen LogP contribution in [-0.4, -0.2) is 52.4 Å². The van der Waals surface area contributed by atoms with E-state index in [2.05, 4.69) is 15.4 Å². The van der Waals surface area contributed by atoms with Crippen LogP contribution in [0.4, 0.5) is 5.69 Å². The van der Waals surface area contributed by atoms with Crippen molar-refractivity contribution in [1.82, 2.24) is 19.1 Å². The minimum absolute atomic E-state index is 0.0172. The van der Waals surface area contributed by atoms with Crippen LogP contribution in [0.25, 0.3) is 10.9 Å². The molecule has 0 unspecified atom stereocenters. The summed E-state index contributed by atoms with van der Waals surface area (Å²) in [5.41, 5.74) is 8.33. The Morgan fingerprint density at radius 1 is 1.03 bits per heavy atom. The molecule has 0 aliphatic carbocycles. The Balaban J connectivity index is 1.30. The summed E-state index contributed by atoms with van der Waals surface area (Å²) in [6.45, 7) is 5.23. The lowest BCUT2D eigenvalue weighted by Gasteiger charge is -2.31. The number of benzene rings is 2. The van der Waals surface area contributed by atoms with Crippen molar-refractivity contribution in [3.8, 4) is 0 Å². The van der Waals surface area contributed by atoms with E-state index in [1.54, 1.807) is 58.9 Å². The van der Waals surface area contributed by atoms with Crippen molar-refractivity contribution in [3.05, 3.63) is 83.3 Å². The van der Waals surface area contributed by atoms with Gasteiger partial charge in [0.2, 0.25) is 10.0 Å². The molecule has 0 bridgehead atoms. The third-order valence-corrected chi connectivity index (χ3v) is 9.13. The number of nitrogens with two attached hydrogens (primary N) is 1. The number of para-hydroxylation sites is 1. The van der Waals surface area contributed by atoms with Gasteiger partial charge in [-0.3, -0.25) is 14.3 Å². The number of aryl methyl sites for hydroxylation is 1. The number of nitrogens with one attached hydrogen (secondary N) is 1. The van der Waals surface area contributed by atoms with E-state index in [0.717, 1.165) is 5.69 Å². The fourth-order valence-electron chi connectivity index (χ4n) is 5.04. The van der Waals surface area contributed by atoms with E-state index in [0.29, 0.717) is 65.2 Å². The Kier molecular flexibility index (Phi) is 7.19. The summed E-state index contributed by atoms with van der Waals surface area (Å²) in [5.74, 6) is -0.852. The molecule has 2 aromatic heterocycles. The molecule has 202 valence electrons. The Morgan fingerprint density at radius 2 is 1.69 bits per heavy atom. The first-order chi connectivity index (χ1) is 18.6. The number of carbonyl (C=O) groups excluding carboxylic acids is 2. The van der Waals surface area contributed by atoms with Gasteiger partial charge in [-0.15, -0.1) is 0 Å². The lowest BCUT2D eigenvalue weighted by molar-refractivity contribution is 0.0996. The minimum atomic E-state index is -3.50. The standard InChI is InChI=1S/C28H30N6O4S/c1-18-26(31-28(36)23-16-25(27(29)35)30-24-11-7-6-10-22(23)24)19(2)34(32-18)17-20-12-14-33(15-13-20)39(37,38)21-8-4-3-5-9-21/h3-11,16,20H,12-15,17H2,1-2H3,(H2,29,35)(H,31,36). The summed E-state index contributed by atoms with van der Waals surface area (Å²) in [6.07, 6.45) is 1.43. The van der Waals surface area contributed by atoms with Crippen LogP contribution in [0.5, 0.6) is 0 Å². The number of sulfonamides is 1. The molecule has 1 aliphatic heterocycles. The van der Waals surface area contributed by atoms with Crippen LogP contribution in [0.3, 0.4) is 0 Å². The van der Waals surface area contributed by atoms with Crippen LogP contribution < -0.4 is 11.1 Å². The van der Waals surface area contributed by atoms with Crippen LogP contribution in [-0.2, 0) is 16.6 Å². The molecule has 2 aromatic carbocycles. The van der Waals surface area contributed by atoms with Crippen molar-refractivity contribution < 1.29 is 18.0 Å². The molecule has 1 saturated heterocycles. The van der Waals surface area contributed by atoms with Gasteiger partial charge in [-0.2, -0.15) is 9.40 Å². The highest BCUT2D eigenvalue weighted by molar-refractivity contribution is 7.89. The van der Waals surface area contributed by atoms with Crippen LogP contribution in [0.2, 0.25) is 0 Å². The van der Waals surface area contributed by atoms with E-state index in [9.17, 15) is 18.0 Å². The second kappa shape index (κ2) is 10.6. The Bertz CT molecular complexity index is 1660. The largest absolute Gasteiger partial charge is 0.364 e. The number of aromatic nitrogens is 3. The number of hydrogen-bond acceptors (Lipinski definition) is 6. The molecule has 0 radical (unpaired) electrons. The topological polar surface area (TPSA) is 140 Å². The Morgan fingerprint density at radius 3 is 2.38 bits per heavy atom. The molecule has 1 aliphatic rings. The molecule has 4 aromatic rings. The number of amides is 2. The fourth-order valence-corrected chi connectivity index (χ4v) is 6.53. The van der Waals surface area contributed by atoms with Crippen molar-refractivity contribution in [2.24, 2.45) is 11.7 Å². The van der Waals surface area contributed by atoms with Crippen LogP contribution in [0.1, 0.15) is 45.1 Å². The summed E-state index contributed by atoms with van der Waals surface area (Å²) in [4.78, 5) is 29.7. The molecular formula is C28H30N6O4S. The van der Waals surface area contributed by atoms with E-state index in [1.165, 1.54) is 6.07 Å². The highest BCUT2D eigenvalue weighted by atomic mass is 32.2. The molecule has 2 amide bonds. The molecule has 0 spiro atoms. The zero-order valence-corrected chi connectivity index (χ0v) is 22.6. The third-order valence-electron chi connectivity index (χ3n) is 7.22. The molecule has 11 heteroatoms. The molecule has 10 nitrogen and oxygen atoms in total. The highest BCUT2D eigenvalue weighted by Crippen LogP contribution is 2.28. The first kappa shape index (κ1) is 26.5. The number of nitrogens with zero attached hydrogens (tertiary/aromatic N) is 4. The van der Waals surface area contributed by atoms with Gasteiger partial charge in [0.05, 0.1) is 33.1 Å². The molecule has 3 heterocycles. The van der Waals surface area contributed by atoms with Crippen LogP contribution >= 0.6 is 0 Å². The van der Waals surface area contributed by atoms with Crippen LogP contribution in [0, 0.1) is 19.8 Å². The maximum Gasteiger partial charge on any atom is 0.267 e. The van der Waals surface area contributed by atoms with Gasteiger partial charge in [0, 0.05) is 25.0 Å². The molecular weight excluding hydrogens is 516 g/mol. The Hall–Kier alpha value is -4.09. The highest BCUT2D eigenvalue weighted by Gasteiger charge is 2.30. The van der Waals surface area contributed by atoms with E-state index in [1.807, 2.05) is 18.5 Å². The third kappa shape index (κ3) is 5.27. The SMILES string of the molecule is Cc1nn(CC2CCN(S(=O)(=O)c3ccccc3)CC2)c(C)c1NC(=O)c1cc(C(N)=O)nc2ccccc12. The van der Waals surface area contributed by atoms with E-state index in [4.69, 9.17) is 5.73 Å². The van der Waals surface area contributed by atoms with Crippen molar-refractivity contribution in [2.45, 2.75) is 38.1 Å². The second-order valence-electron chi connectivity index (χ2n) is 9.78. The monoisotopic (exact) mass is 546 g/mol. The second-order valence-corrected chi connectivity index (χ2v) is 11.7. The number of carbonyl (C=O) groups is 2. The van der Waals surface area contributed by atoms with Gasteiger partial charge in [-0.1, -0.05) is 36.4 Å². The van der Waals surface area contributed by atoms with Crippen molar-refractivity contribution in [3.63, 3.8) is 0 Å². The fraction of sp³-hybridized carbons (Fsp3) is 0.286.